The fourth-order valence-electron chi connectivity index (χ4n) is 6.17. The highest BCUT2D eigenvalue weighted by Crippen LogP contribution is 2.33. The lowest BCUT2D eigenvalue weighted by Gasteiger charge is -2.29. The quantitative estimate of drug-likeness (QED) is 0.393. The number of benzene rings is 2. The van der Waals surface area contributed by atoms with Gasteiger partial charge in [0.1, 0.15) is 6.04 Å². The summed E-state index contributed by atoms with van der Waals surface area (Å²) in [5.41, 5.74) is 0.191. The molecule has 2 N–H and O–H groups in total. The lowest BCUT2D eigenvalue weighted by atomic mass is 9.84. The molecule has 0 aliphatic heterocycles. The fraction of sp³-hybridized carbons (Fsp3) is 0.613. The molecule has 2 aliphatic rings. The molecule has 0 spiro atoms. The van der Waals surface area contributed by atoms with E-state index in [0.29, 0.717) is 28.8 Å². The molecule has 2 fully saturated rings. The molecule has 2 aromatic rings. The molecule has 2 aliphatic carbocycles. The summed E-state index contributed by atoms with van der Waals surface area (Å²) in [6.45, 7) is 5.74. The lowest BCUT2D eigenvalue weighted by Crippen LogP contribution is -2.47. The second-order valence-electron chi connectivity index (χ2n) is 12.6. The number of anilines is 1. The molecule has 7 heteroatoms. The number of carbonyl (C=O) groups excluding carboxylic acids is 2. The molecular formula is C31H44N2O4S. The Labute approximate surface area is 228 Å². The van der Waals surface area contributed by atoms with E-state index in [1.807, 2.05) is 26.8 Å². The summed E-state index contributed by atoms with van der Waals surface area (Å²) < 4.78 is 26.5. The minimum absolute atomic E-state index is 0.00543. The average molecular weight is 541 g/mol. The Morgan fingerprint density at radius 2 is 1.47 bits per heavy atom. The maximum Gasteiger partial charge on any atom is 0.246 e. The van der Waals surface area contributed by atoms with E-state index in [0.717, 1.165) is 38.5 Å². The molecule has 2 amide bonds. The van der Waals surface area contributed by atoms with Crippen LogP contribution in [0.1, 0.15) is 91.4 Å². The van der Waals surface area contributed by atoms with E-state index < -0.39 is 15.9 Å². The van der Waals surface area contributed by atoms with Crippen LogP contribution in [0.4, 0.5) is 5.69 Å². The number of hydrogen-bond acceptors (Lipinski definition) is 4. The number of sulfone groups is 1. The van der Waals surface area contributed by atoms with Crippen molar-refractivity contribution in [3.05, 3.63) is 36.4 Å². The smallest absolute Gasteiger partial charge is 0.246 e. The predicted molar refractivity (Wildman–Crippen MR) is 154 cm³/mol. The summed E-state index contributed by atoms with van der Waals surface area (Å²) in [5, 5.41) is 7.47. The van der Waals surface area contributed by atoms with Gasteiger partial charge in [0.05, 0.1) is 10.6 Å². The van der Waals surface area contributed by atoms with Gasteiger partial charge in [-0.1, -0.05) is 96.4 Å². The first-order valence-electron chi connectivity index (χ1n) is 14.4. The van der Waals surface area contributed by atoms with Gasteiger partial charge in [-0.25, -0.2) is 8.42 Å². The molecule has 2 aromatic carbocycles. The third-order valence-electron chi connectivity index (χ3n) is 8.00. The van der Waals surface area contributed by atoms with Crippen molar-refractivity contribution in [2.24, 2.45) is 17.3 Å². The van der Waals surface area contributed by atoms with Crippen LogP contribution in [0.5, 0.6) is 0 Å². The Balaban J connectivity index is 1.59. The molecule has 6 nitrogen and oxygen atoms in total. The van der Waals surface area contributed by atoms with Crippen LogP contribution in [0.15, 0.2) is 41.3 Å². The molecule has 0 unspecified atom stereocenters. The highest BCUT2D eigenvalue weighted by Gasteiger charge is 2.30. The van der Waals surface area contributed by atoms with Gasteiger partial charge in [0.2, 0.25) is 11.8 Å². The predicted octanol–water partition coefficient (Wildman–Crippen LogP) is 6.63. The molecule has 38 heavy (non-hydrogen) atoms. The van der Waals surface area contributed by atoms with Gasteiger partial charge < -0.3 is 10.6 Å². The van der Waals surface area contributed by atoms with E-state index in [1.165, 1.54) is 25.7 Å². The van der Waals surface area contributed by atoms with Crippen molar-refractivity contribution in [3.63, 3.8) is 0 Å². The Morgan fingerprint density at radius 1 is 0.868 bits per heavy atom. The monoisotopic (exact) mass is 540 g/mol. The summed E-state index contributed by atoms with van der Waals surface area (Å²) in [4.78, 5) is 27.1. The second-order valence-corrected chi connectivity index (χ2v) is 14.6. The van der Waals surface area contributed by atoms with E-state index in [9.17, 15) is 18.0 Å². The molecular weight excluding hydrogens is 496 g/mol. The van der Waals surface area contributed by atoms with Gasteiger partial charge in [0, 0.05) is 22.4 Å². The number of carbonyl (C=O) groups is 2. The largest absolute Gasteiger partial charge is 0.344 e. The first kappa shape index (κ1) is 28.6. The summed E-state index contributed by atoms with van der Waals surface area (Å²) in [7, 11) is -3.52. The number of amides is 2. The summed E-state index contributed by atoms with van der Waals surface area (Å²) in [6, 6.07) is 10.0. The molecule has 1 atom stereocenters. The minimum atomic E-state index is -3.52. The average Bonchev–Trinajstić information content (AvgIpc) is 2.88. The van der Waals surface area contributed by atoms with E-state index in [-0.39, 0.29) is 33.8 Å². The van der Waals surface area contributed by atoms with Crippen LogP contribution in [-0.4, -0.2) is 32.0 Å². The molecule has 0 radical (unpaired) electrons. The standard InChI is InChI=1S/C31H44N2O4S/c1-31(2,3)21-38(36,37)28-19-11-16-24-25(28)17-10-18-26(24)32-30(35)27(20-22-12-6-4-7-13-22)33-29(34)23-14-8-5-9-15-23/h10-11,16-19,22-23,27H,4-9,12-15,20-21H2,1-3H3,(H,32,35)(H,33,34)/t27-/m0/s1. The highest BCUT2D eigenvalue weighted by molar-refractivity contribution is 7.91. The SMILES string of the molecule is CC(C)(C)CS(=O)(=O)c1cccc2c(NC(=O)[C@H](CC3CCCCC3)NC(=O)C3CCCCC3)cccc12. The molecule has 0 aromatic heterocycles. The fourth-order valence-corrected chi connectivity index (χ4v) is 8.27. The number of nitrogens with one attached hydrogen (secondary N) is 2. The zero-order chi connectivity index (χ0) is 27.3. The van der Waals surface area contributed by atoms with Gasteiger partial charge in [-0.2, -0.15) is 0 Å². The van der Waals surface area contributed by atoms with E-state index in [1.54, 1.807) is 30.3 Å². The third-order valence-corrected chi connectivity index (χ3v) is 10.3. The van der Waals surface area contributed by atoms with Crippen LogP contribution in [-0.2, 0) is 19.4 Å². The van der Waals surface area contributed by atoms with Crippen LogP contribution >= 0.6 is 0 Å². The summed E-state index contributed by atoms with van der Waals surface area (Å²) in [5.74, 6) is 0.211. The molecule has 2 saturated carbocycles. The van der Waals surface area contributed by atoms with Crippen LogP contribution in [0, 0.1) is 17.3 Å². The van der Waals surface area contributed by atoms with Gasteiger partial charge in [0.15, 0.2) is 9.84 Å². The minimum Gasteiger partial charge on any atom is -0.344 e. The molecule has 4 rings (SSSR count). The van der Waals surface area contributed by atoms with Crippen molar-refractivity contribution in [3.8, 4) is 0 Å². The highest BCUT2D eigenvalue weighted by atomic mass is 32.2. The zero-order valence-electron chi connectivity index (χ0n) is 23.2. The second kappa shape index (κ2) is 12.2. The Morgan fingerprint density at radius 3 is 2.13 bits per heavy atom. The maximum absolute atomic E-state index is 13.7. The van der Waals surface area contributed by atoms with Gasteiger partial charge >= 0.3 is 0 Å². The van der Waals surface area contributed by atoms with E-state index >= 15 is 0 Å². The molecule has 208 valence electrons. The van der Waals surface area contributed by atoms with Gasteiger partial charge in [-0.05, 0) is 42.7 Å². The van der Waals surface area contributed by atoms with E-state index in [4.69, 9.17) is 0 Å². The molecule has 0 heterocycles. The van der Waals surface area contributed by atoms with Crippen molar-refractivity contribution in [1.29, 1.82) is 0 Å². The first-order chi connectivity index (χ1) is 18.0. The van der Waals surface area contributed by atoms with Crippen molar-refractivity contribution in [2.45, 2.75) is 102 Å². The third kappa shape index (κ3) is 7.37. The summed E-state index contributed by atoms with van der Waals surface area (Å²) >= 11 is 0. The van der Waals surface area contributed by atoms with Crippen molar-refractivity contribution in [1.82, 2.24) is 5.32 Å². The van der Waals surface area contributed by atoms with Crippen molar-refractivity contribution < 1.29 is 18.0 Å². The molecule has 0 saturated heterocycles. The summed E-state index contributed by atoms with van der Waals surface area (Å²) in [6.07, 6.45) is 11.5. The van der Waals surface area contributed by atoms with Crippen molar-refractivity contribution in [2.75, 3.05) is 11.1 Å². The van der Waals surface area contributed by atoms with Crippen LogP contribution < -0.4 is 10.6 Å². The lowest BCUT2D eigenvalue weighted by molar-refractivity contribution is -0.130. The Bertz CT molecular complexity index is 1240. The Hall–Kier alpha value is -2.41. The van der Waals surface area contributed by atoms with Gasteiger partial charge in [0.25, 0.3) is 0 Å². The van der Waals surface area contributed by atoms with Crippen molar-refractivity contribution >= 4 is 38.1 Å². The zero-order valence-corrected chi connectivity index (χ0v) is 24.0. The first-order valence-corrected chi connectivity index (χ1v) is 16.0. The van der Waals surface area contributed by atoms with Crippen LogP contribution in [0.3, 0.4) is 0 Å². The van der Waals surface area contributed by atoms with Crippen LogP contribution in [0.2, 0.25) is 0 Å². The number of hydrogen-bond donors (Lipinski definition) is 2. The molecule has 0 bridgehead atoms. The van der Waals surface area contributed by atoms with E-state index in [2.05, 4.69) is 10.6 Å². The Kier molecular flexibility index (Phi) is 9.17. The van der Waals surface area contributed by atoms with Gasteiger partial charge in [-0.3, -0.25) is 9.59 Å². The normalized spacial score (nSPS) is 18.7. The number of fused-ring (bicyclic) bond motifs is 1. The maximum atomic E-state index is 13.7. The van der Waals surface area contributed by atoms with Gasteiger partial charge in [-0.15, -0.1) is 0 Å². The topological polar surface area (TPSA) is 92.3 Å². The van der Waals surface area contributed by atoms with Crippen LogP contribution in [0.25, 0.3) is 10.8 Å². The number of rotatable bonds is 8.